The first kappa shape index (κ1) is 15.3. The summed E-state index contributed by atoms with van der Waals surface area (Å²) in [5.74, 6) is -0.0932. The maximum atomic E-state index is 12.3. The first-order valence-corrected chi connectivity index (χ1v) is 7.66. The fourth-order valence-corrected chi connectivity index (χ4v) is 2.97. The highest BCUT2D eigenvalue weighted by atomic mass is 16.5. The van der Waals surface area contributed by atoms with Crippen LogP contribution in [-0.4, -0.2) is 11.1 Å². The smallest absolute Gasteiger partial charge is 0.230 e. The molecule has 3 aromatic rings. The maximum absolute atomic E-state index is 12.3. The van der Waals surface area contributed by atoms with Gasteiger partial charge in [0, 0.05) is 11.1 Å². The maximum Gasteiger partial charge on any atom is 0.230 e. The summed E-state index contributed by atoms with van der Waals surface area (Å²) in [6, 6.07) is 10.1. The molecule has 0 bridgehead atoms. The molecule has 118 valence electrons. The Balaban J connectivity index is 1.83. The third-order valence-corrected chi connectivity index (χ3v) is 3.81. The van der Waals surface area contributed by atoms with Gasteiger partial charge in [0.1, 0.15) is 5.69 Å². The van der Waals surface area contributed by atoms with Crippen molar-refractivity contribution in [3.63, 3.8) is 0 Å². The lowest BCUT2D eigenvalue weighted by atomic mass is 10.1. The number of aryl methyl sites for hydroxylation is 4. The van der Waals surface area contributed by atoms with Gasteiger partial charge >= 0.3 is 0 Å². The minimum atomic E-state index is -0.0932. The number of carbonyl (C=O) groups excluding carboxylic acids is 1. The second-order valence-corrected chi connectivity index (χ2v) is 6.19. The van der Waals surface area contributed by atoms with Crippen LogP contribution < -0.4 is 5.32 Å². The van der Waals surface area contributed by atoms with Crippen molar-refractivity contribution in [1.29, 1.82) is 0 Å². The summed E-state index contributed by atoms with van der Waals surface area (Å²) in [4.78, 5) is 12.3. The van der Waals surface area contributed by atoms with Crippen molar-refractivity contribution < 1.29 is 9.32 Å². The van der Waals surface area contributed by atoms with E-state index in [0.717, 1.165) is 38.9 Å². The number of nitrogens with zero attached hydrogens (tertiary/aromatic N) is 1. The molecule has 0 spiro atoms. The van der Waals surface area contributed by atoms with Crippen LogP contribution in [0.5, 0.6) is 0 Å². The van der Waals surface area contributed by atoms with Crippen molar-refractivity contribution in [3.8, 4) is 0 Å². The van der Waals surface area contributed by atoms with Crippen LogP contribution in [0.3, 0.4) is 0 Å². The summed E-state index contributed by atoms with van der Waals surface area (Å²) in [7, 11) is 0. The van der Waals surface area contributed by atoms with Crippen LogP contribution in [0.4, 0.5) is 5.69 Å². The summed E-state index contributed by atoms with van der Waals surface area (Å²) < 4.78 is 5.39. The van der Waals surface area contributed by atoms with E-state index in [1.165, 1.54) is 0 Å². The van der Waals surface area contributed by atoms with Gasteiger partial charge in [-0.25, -0.2) is 0 Å². The zero-order chi connectivity index (χ0) is 16.6. The predicted molar refractivity (Wildman–Crippen MR) is 91.7 cm³/mol. The van der Waals surface area contributed by atoms with Gasteiger partial charge in [0.05, 0.1) is 6.42 Å². The minimum absolute atomic E-state index is 0.0932. The Bertz CT molecular complexity index is 874. The van der Waals surface area contributed by atoms with Gasteiger partial charge in [0.2, 0.25) is 5.91 Å². The van der Waals surface area contributed by atoms with E-state index < -0.39 is 0 Å². The van der Waals surface area contributed by atoms with Crippen molar-refractivity contribution in [2.75, 3.05) is 5.32 Å². The molecule has 0 atom stereocenters. The third-order valence-electron chi connectivity index (χ3n) is 3.81. The number of benzene rings is 2. The van der Waals surface area contributed by atoms with Gasteiger partial charge in [-0.3, -0.25) is 4.79 Å². The molecule has 4 nitrogen and oxygen atoms in total. The summed E-state index contributed by atoms with van der Waals surface area (Å²) in [5, 5.41) is 7.93. The molecule has 1 heterocycles. The molecule has 0 aliphatic heterocycles. The lowest BCUT2D eigenvalue weighted by Gasteiger charge is -2.07. The van der Waals surface area contributed by atoms with E-state index in [1.807, 2.05) is 52.0 Å². The van der Waals surface area contributed by atoms with Crippen LogP contribution in [0.2, 0.25) is 0 Å². The molecule has 0 radical (unpaired) electrons. The number of carbonyl (C=O) groups is 1. The second-order valence-electron chi connectivity index (χ2n) is 6.19. The van der Waals surface area contributed by atoms with Crippen molar-refractivity contribution in [1.82, 2.24) is 5.16 Å². The van der Waals surface area contributed by atoms with Gasteiger partial charge in [0.15, 0.2) is 5.58 Å². The SMILES string of the molecule is Cc1cc(C)cc(NC(=O)Cc2noc3c(C)cc(C)cc23)c1. The van der Waals surface area contributed by atoms with Crippen LogP contribution in [-0.2, 0) is 11.2 Å². The highest BCUT2D eigenvalue weighted by molar-refractivity contribution is 5.95. The molecular formula is C19H20N2O2. The van der Waals surface area contributed by atoms with E-state index in [2.05, 4.69) is 16.5 Å². The van der Waals surface area contributed by atoms with Crippen LogP contribution in [0.15, 0.2) is 34.9 Å². The third kappa shape index (κ3) is 3.26. The average Bonchev–Trinajstić information content (AvgIpc) is 2.80. The molecule has 1 N–H and O–H groups in total. The number of hydrogen-bond donors (Lipinski definition) is 1. The fraction of sp³-hybridized carbons (Fsp3) is 0.263. The van der Waals surface area contributed by atoms with Gasteiger partial charge in [-0.05, 0) is 68.1 Å². The molecule has 0 fully saturated rings. The van der Waals surface area contributed by atoms with Gasteiger partial charge in [-0.2, -0.15) is 0 Å². The molecular weight excluding hydrogens is 288 g/mol. The lowest BCUT2D eigenvalue weighted by Crippen LogP contribution is -2.15. The van der Waals surface area contributed by atoms with E-state index in [4.69, 9.17) is 4.52 Å². The van der Waals surface area contributed by atoms with Crippen molar-refractivity contribution in [3.05, 3.63) is 58.3 Å². The number of amides is 1. The first-order valence-electron chi connectivity index (χ1n) is 7.66. The Hall–Kier alpha value is -2.62. The summed E-state index contributed by atoms with van der Waals surface area (Å²) in [6.07, 6.45) is 0.197. The first-order chi connectivity index (χ1) is 10.9. The number of nitrogens with one attached hydrogen (secondary N) is 1. The number of anilines is 1. The van der Waals surface area contributed by atoms with E-state index in [1.54, 1.807) is 0 Å². The topological polar surface area (TPSA) is 55.1 Å². The number of fused-ring (bicyclic) bond motifs is 1. The molecule has 23 heavy (non-hydrogen) atoms. The van der Waals surface area contributed by atoms with Crippen LogP contribution in [0, 0.1) is 27.7 Å². The Labute approximate surface area is 135 Å². The monoisotopic (exact) mass is 308 g/mol. The highest BCUT2D eigenvalue weighted by Crippen LogP contribution is 2.24. The van der Waals surface area contributed by atoms with E-state index in [-0.39, 0.29) is 12.3 Å². The molecule has 3 rings (SSSR count). The normalized spacial score (nSPS) is 11.0. The lowest BCUT2D eigenvalue weighted by molar-refractivity contribution is -0.115. The molecule has 0 unspecified atom stereocenters. The summed E-state index contributed by atoms with van der Waals surface area (Å²) >= 11 is 0. The molecule has 4 heteroatoms. The number of aromatic nitrogens is 1. The summed E-state index contributed by atoms with van der Waals surface area (Å²) in [6.45, 7) is 8.04. The Morgan fingerprint density at radius 3 is 2.35 bits per heavy atom. The summed E-state index contributed by atoms with van der Waals surface area (Å²) in [5.41, 5.74) is 6.66. The minimum Gasteiger partial charge on any atom is -0.356 e. The molecule has 0 saturated heterocycles. The van der Waals surface area contributed by atoms with Crippen molar-refractivity contribution in [2.45, 2.75) is 34.1 Å². The second kappa shape index (κ2) is 5.88. The molecule has 0 saturated carbocycles. The molecule has 2 aromatic carbocycles. The number of hydrogen-bond acceptors (Lipinski definition) is 3. The highest BCUT2D eigenvalue weighted by Gasteiger charge is 2.14. The molecule has 1 amide bonds. The zero-order valence-corrected chi connectivity index (χ0v) is 13.9. The zero-order valence-electron chi connectivity index (χ0n) is 13.9. The van der Waals surface area contributed by atoms with E-state index >= 15 is 0 Å². The van der Waals surface area contributed by atoms with Crippen LogP contribution >= 0.6 is 0 Å². The number of rotatable bonds is 3. The van der Waals surface area contributed by atoms with Crippen molar-refractivity contribution in [2.24, 2.45) is 0 Å². The fourth-order valence-electron chi connectivity index (χ4n) is 2.97. The van der Waals surface area contributed by atoms with Crippen molar-refractivity contribution >= 4 is 22.6 Å². The Kier molecular flexibility index (Phi) is 3.90. The largest absolute Gasteiger partial charge is 0.356 e. The Morgan fingerprint density at radius 1 is 1.00 bits per heavy atom. The average molecular weight is 308 g/mol. The van der Waals surface area contributed by atoms with E-state index in [9.17, 15) is 4.79 Å². The molecule has 1 aromatic heterocycles. The van der Waals surface area contributed by atoms with Gasteiger partial charge < -0.3 is 9.84 Å². The molecule has 0 aliphatic rings. The van der Waals surface area contributed by atoms with Crippen LogP contribution in [0.25, 0.3) is 11.0 Å². The van der Waals surface area contributed by atoms with Crippen LogP contribution in [0.1, 0.15) is 27.9 Å². The standard InChI is InChI=1S/C19H20N2O2/c1-11-5-12(2)8-15(7-11)20-18(22)10-17-16-9-13(3)6-14(4)19(16)23-21-17/h5-9H,10H2,1-4H3,(H,20,22). The van der Waals surface area contributed by atoms with Gasteiger partial charge in [-0.15, -0.1) is 0 Å². The predicted octanol–water partition coefficient (Wildman–Crippen LogP) is 4.24. The Morgan fingerprint density at radius 2 is 1.65 bits per heavy atom. The van der Waals surface area contributed by atoms with E-state index in [0.29, 0.717) is 5.69 Å². The molecule has 0 aliphatic carbocycles. The van der Waals surface area contributed by atoms with Gasteiger partial charge in [0.25, 0.3) is 0 Å². The van der Waals surface area contributed by atoms with Gasteiger partial charge in [-0.1, -0.05) is 17.3 Å². The quantitative estimate of drug-likeness (QED) is 0.787.